The van der Waals surface area contributed by atoms with E-state index in [0.29, 0.717) is 6.42 Å². The SMILES string of the molecule is Cc1ccc(C(O)CC(C)CC(=O)O)c(C)c1. The van der Waals surface area contributed by atoms with Gasteiger partial charge >= 0.3 is 5.97 Å². The Bertz CT molecular complexity index is 398. The van der Waals surface area contributed by atoms with Crippen LogP contribution in [-0.4, -0.2) is 16.2 Å². The van der Waals surface area contributed by atoms with E-state index in [2.05, 4.69) is 0 Å². The molecule has 1 aromatic rings. The highest BCUT2D eigenvalue weighted by atomic mass is 16.4. The van der Waals surface area contributed by atoms with Crippen molar-refractivity contribution in [3.8, 4) is 0 Å². The summed E-state index contributed by atoms with van der Waals surface area (Å²) in [5.74, 6) is -0.839. The van der Waals surface area contributed by atoms with E-state index in [1.165, 1.54) is 0 Å². The molecule has 0 heterocycles. The van der Waals surface area contributed by atoms with E-state index >= 15 is 0 Å². The fourth-order valence-electron chi connectivity index (χ4n) is 2.09. The Kier molecular flexibility index (Phi) is 4.70. The Labute approximate surface area is 102 Å². The molecule has 0 saturated heterocycles. The lowest BCUT2D eigenvalue weighted by molar-refractivity contribution is -0.138. The van der Waals surface area contributed by atoms with Crippen molar-refractivity contribution in [1.29, 1.82) is 0 Å². The number of carboxylic acid groups (broad SMARTS) is 1. The van der Waals surface area contributed by atoms with Crippen molar-refractivity contribution in [3.05, 3.63) is 34.9 Å². The topological polar surface area (TPSA) is 57.5 Å². The van der Waals surface area contributed by atoms with Crippen LogP contribution < -0.4 is 0 Å². The number of aryl methyl sites for hydroxylation is 2. The monoisotopic (exact) mass is 236 g/mol. The minimum Gasteiger partial charge on any atom is -0.481 e. The molecule has 3 heteroatoms. The van der Waals surface area contributed by atoms with Crippen LogP contribution >= 0.6 is 0 Å². The molecule has 17 heavy (non-hydrogen) atoms. The zero-order chi connectivity index (χ0) is 13.0. The molecule has 0 amide bonds. The van der Waals surface area contributed by atoms with Crippen molar-refractivity contribution < 1.29 is 15.0 Å². The molecule has 0 aliphatic carbocycles. The van der Waals surface area contributed by atoms with Gasteiger partial charge in [-0.2, -0.15) is 0 Å². The molecule has 3 nitrogen and oxygen atoms in total. The molecule has 0 spiro atoms. The van der Waals surface area contributed by atoms with Crippen LogP contribution in [0.4, 0.5) is 0 Å². The second-order valence-electron chi connectivity index (χ2n) is 4.81. The van der Waals surface area contributed by atoms with Gasteiger partial charge in [-0.05, 0) is 37.3 Å². The average molecular weight is 236 g/mol. The number of benzene rings is 1. The van der Waals surface area contributed by atoms with Gasteiger partial charge in [0.05, 0.1) is 6.10 Å². The summed E-state index contributed by atoms with van der Waals surface area (Å²) in [5.41, 5.74) is 3.12. The molecule has 0 fully saturated rings. The van der Waals surface area contributed by atoms with Crippen LogP contribution in [0.5, 0.6) is 0 Å². The molecule has 2 N–H and O–H groups in total. The van der Waals surface area contributed by atoms with Crippen LogP contribution in [0.15, 0.2) is 18.2 Å². The number of aliphatic hydroxyl groups is 1. The molecule has 0 bridgehead atoms. The lowest BCUT2D eigenvalue weighted by atomic mass is 9.93. The first-order valence-corrected chi connectivity index (χ1v) is 5.87. The van der Waals surface area contributed by atoms with Crippen molar-refractivity contribution in [2.75, 3.05) is 0 Å². The molecule has 1 aromatic carbocycles. The predicted octanol–water partition coefficient (Wildman–Crippen LogP) is 2.84. The molecule has 94 valence electrons. The van der Waals surface area contributed by atoms with Crippen molar-refractivity contribution >= 4 is 5.97 Å². The van der Waals surface area contributed by atoms with Gasteiger partial charge in [-0.25, -0.2) is 0 Å². The average Bonchev–Trinajstić information content (AvgIpc) is 2.15. The minimum atomic E-state index is -0.815. The van der Waals surface area contributed by atoms with Crippen LogP contribution in [0, 0.1) is 19.8 Å². The third-order valence-electron chi connectivity index (χ3n) is 2.93. The normalized spacial score (nSPS) is 14.4. The van der Waals surface area contributed by atoms with Crippen molar-refractivity contribution in [3.63, 3.8) is 0 Å². The zero-order valence-corrected chi connectivity index (χ0v) is 10.6. The zero-order valence-electron chi connectivity index (χ0n) is 10.6. The molecule has 1 rings (SSSR count). The molecule has 0 radical (unpaired) electrons. The molecule has 0 aliphatic heterocycles. The highest BCUT2D eigenvalue weighted by molar-refractivity contribution is 5.66. The smallest absolute Gasteiger partial charge is 0.303 e. The van der Waals surface area contributed by atoms with Crippen LogP contribution in [-0.2, 0) is 4.79 Å². The molecule has 0 aromatic heterocycles. The van der Waals surface area contributed by atoms with E-state index in [-0.39, 0.29) is 12.3 Å². The number of rotatable bonds is 5. The van der Waals surface area contributed by atoms with E-state index in [9.17, 15) is 9.90 Å². The summed E-state index contributed by atoms with van der Waals surface area (Å²) in [6.45, 7) is 5.82. The quantitative estimate of drug-likeness (QED) is 0.826. The highest BCUT2D eigenvalue weighted by Crippen LogP contribution is 2.25. The molecular formula is C14H20O3. The number of carboxylic acids is 1. The van der Waals surface area contributed by atoms with E-state index in [4.69, 9.17) is 5.11 Å². The lowest BCUT2D eigenvalue weighted by Gasteiger charge is -2.17. The molecular weight excluding hydrogens is 216 g/mol. The fourth-order valence-corrected chi connectivity index (χ4v) is 2.09. The minimum absolute atomic E-state index is 0.0248. The van der Waals surface area contributed by atoms with Crippen molar-refractivity contribution in [1.82, 2.24) is 0 Å². The van der Waals surface area contributed by atoms with Crippen LogP contribution in [0.25, 0.3) is 0 Å². The summed E-state index contributed by atoms with van der Waals surface area (Å²) < 4.78 is 0. The first kappa shape index (κ1) is 13.7. The van der Waals surface area contributed by atoms with Gasteiger partial charge in [0.2, 0.25) is 0 Å². The predicted molar refractivity (Wildman–Crippen MR) is 66.9 cm³/mol. The van der Waals surface area contributed by atoms with Gasteiger partial charge in [-0.3, -0.25) is 4.79 Å². The second kappa shape index (κ2) is 5.82. The van der Waals surface area contributed by atoms with Gasteiger partial charge < -0.3 is 10.2 Å². The molecule has 2 unspecified atom stereocenters. The van der Waals surface area contributed by atoms with E-state index in [0.717, 1.165) is 16.7 Å². The third-order valence-corrected chi connectivity index (χ3v) is 2.93. The van der Waals surface area contributed by atoms with Gasteiger partial charge in [-0.15, -0.1) is 0 Å². The van der Waals surface area contributed by atoms with E-state index in [1.54, 1.807) is 0 Å². The number of aliphatic carboxylic acids is 1. The summed E-state index contributed by atoms with van der Waals surface area (Å²) in [4.78, 5) is 10.6. The van der Waals surface area contributed by atoms with Crippen LogP contribution in [0.1, 0.15) is 42.6 Å². The number of aliphatic hydroxyl groups excluding tert-OH is 1. The Balaban J connectivity index is 2.69. The summed E-state index contributed by atoms with van der Waals surface area (Å²) in [7, 11) is 0. The molecule has 0 aliphatic rings. The Morgan fingerprint density at radius 1 is 1.35 bits per heavy atom. The highest BCUT2D eigenvalue weighted by Gasteiger charge is 2.16. The Morgan fingerprint density at radius 2 is 2.00 bits per heavy atom. The molecule has 2 atom stereocenters. The lowest BCUT2D eigenvalue weighted by Crippen LogP contribution is -2.10. The van der Waals surface area contributed by atoms with Gasteiger partial charge in [0.15, 0.2) is 0 Å². The van der Waals surface area contributed by atoms with Crippen LogP contribution in [0.2, 0.25) is 0 Å². The largest absolute Gasteiger partial charge is 0.481 e. The maximum Gasteiger partial charge on any atom is 0.303 e. The Hall–Kier alpha value is -1.35. The second-order valence-corrected chi connectivity index (χ2v) is 4.81. The maximum atomic E-state index is 10.6. The van der Waals surface area contributed by atoms with Gasteiger partial charge in [0, 0.05) is 6.42 Å². The summed E-state index contributed by atoms with van der Waals surface area (Å²) in [6.07, 6.45) is 0.00277. The summed E-state index contributed by atoms with van der Waals surface area (Å²) >= 11 is 0. The van der Waals surface area contributed by atoms with Crippen LogP contribution in [0.3, 0.4) is 0 Å². The van der Waals surface area contributed by atoms with E-state index in [1.807, 2.05) is 39.0 Å². The third kappa shape index (κ3) is 4.19. The van der Waals surface area contributed by atoms with Crippen molar-refractivity contribution in [2.24, 2.45) is 5.92 Å². The number of carbonyl (C=O) groups is 1. The summed E-state index contributed by atoms with van der Waals surface area (Å²) in [5, 5.41) is 18.8. The standard InChI is InChI=1S/C14H20O3/c1-9-4-5-12(11(3)6-9)13(15)7-10(2)8-14(16)17/h4-6,10,13,15H,7-8H2,1-3H3,(H,16,17). The molecule has 0 saturated carbocycles. The maximum absolute atomic E-state index is 10.6. The van der Waals surface area contributed by atoms with E-state index < -0.39 is 12.1 Å². The number of hydrogen-bond acceptors (Lipinski definition) is 2. The van der Waals surface area contributed by atoms with Crippen molar-refractivity contribution in [2.45, 2.75) is 39.7 Å². The first-order chi connectivity index (χ1) is 7.90. The number of hydrogen-bond donors (Lipinski definition) is 2. The first-order valence-electron chi connectivity index (χ1n) is 5.87. The van der Waals surface area contributed by atoms with Gasteiger partial charge in [0.25, 0.3) is 0 Å². The van der Waals surface area contributed by atoms with Gasteiger partial charge in [-0.1, -0.05) is 30.7 Å². The van der Waals surface area contributed by atoms with Gasteiger partial charge in [0.1, 0.15) is 0 Å². The fraction of sp³-hybridized carbons (Fsp3) is 0.500. The Morgan fingerprint density at radius 3 is 2.53 bits per heavy atom. The summed E-state index contributed by atoms with van der Waals surface area (Å²) in [6, 6.07) is 5.91.